The molecule has 0 atom stereocenters. The summed E-state index contributed by atoms with van der Waals surface area (Å²) in [6.45, 7) is 4.06. The first kappa shape index (κ1) is 21.6. The predicted molar refractivity (Wildman–Crippen MR) is 107 cm³/mol. The van der Waals surface area contributed by atoms with E-state index in [1.54, 1.807) is 30.3 Å². The van der Waals surface area contributed by atoms with Gasteiger partial charge >= 0.3 is 6.18 Å². The summed E-state index contributed by atoms with van der Waals surface area (Å²) in [5.74, 6) is -0.763. The van der Waals surface area contributed by atoms with Gasteiger partial charge in [0.25, 0.3) is 11.8 Å². The van der Waals surface area contributed by atoms with Crippen molar-refractivity contribution in [1.82, 2.24) is 15.8 Å². The lowest BCUT2D eigenvalue weighted by Gasteiger charge is -2.35. The number of piperazine rings is 1. The molecule has 9 heteroatoms. The number of carbonyl (C=O) groups is 2. The first-order chi connectivity index (χ1) is 14.2. The average Bonchev–Trinajstić information content (AvgIpc) is 2.72. The van der Waals surface area contributed by atoms with Crippen LogP contribution in [-0.4, -0.2) is 49.4 Å². The molecule has 0 bridgehead atoms. The highest BCUT2D eigenvalue weighted by atomic mass is 19.4. The van der Waals surface area contributed by atoms with Crippen LogP contribution in [0.25, 0.3) is 0 Å². The number of anilines is 1. The Hall–Kier alpha value is -3.07. The summed E-state index contributed by atoms with van der Waals surface area (Å²) in [5.41, 5.74) is 6.08. The second kappa shape index (κ2) is 9.17. The molecule has 1 heterocycles. The maximum Gasteiger partial charge on any atom is 0.416 e. The van der Waals surface area contributed by atoms with Crippen LogP contribution in [0, 0.1) is 6.92 Å². The largest absolute Gasteiger partial charge is 0.416 e. The van der Waals surface area contributed by atoms with E-state index < -0.39 is 17.6 Å². The monoisotopic (exact) mass is 420 g/mol. The molecule has 1 saturated heterocycles. The molecule has 2 amide bonds. The minimum Gasteiger partial charge on any atom is -0.369 e. The Morgan fingerprint density at radius 1 is 0.967 bits per heavy atom. The first-order valence-electron chi connectivity index (χ1n) is 9.53. The second-order valence-corrected chi connectivity index (χ2v) is 7.18. The predicted octanol–water partition coefficient (Wildman–Crippen LogP) is 2.60. The molecular weight excluding hydrogens is 397 g/mol. The zero-order valence-corrected chi connectivity index (χ0v) is 16.5. The van der Waals surface area contributed by atoms with Gasteiger partial charge in [-0.1, -0.05) is 23.8 Å². The highest BCUT2D eigenvalue weighted by Crippen LogP contribution is 2.31. The molecule has 2 aromatic carbocycles. The normalized spacial score (nSPS) is 15.0. The van der Waals surface area contributed by atoms with E-state index in [2.05, 4.69) is 10.9 Å². The number of benzene rings is 2. The fourth-order valence-corrected chi connectivity index (χ4v) is 3.19. The topological polar surface area (TPSA) is 64.7 Å². The third-order valence-corrected chi connectivity index (χ3v) is 4.91. The average molecular weight is 420 g/mol. The number of hydrogen-bond acceptors (Lipinski definition) is 4. The first-order valence-corrected chi connectivity index (χ1v) is 9.53. The molecule has 3 rings (SSSR count). The van der Waals surface area contributed by atoms with Gasteiger partial charge in [0, 0.05) is 37.4 Å². The van der Waals surface area contributed by atoms with Crippen LogP contribution in [0.4, 0.5) is 18.9 Å². The second-order valence-electron chi connectivity index (χ2n) is 7.18. The van der Waals surface area contributed by atoms with E-state index in [0.29, 0.717) is 37.4 Å². The Bertz CT molecular complexity index is 892. The molecular formula is C21H23F3N4O2. The Morgan fingerprint density at radius 3 is 2.27 bits per heavy atom. The van der Waals surface area contributed by atoms with Crippen molar-refractivity contribution in [2.24, 2.45) is 0 Å². The molecule has 6 nitrogen and oxygen atoms in total. The summed E-state index contributed by atoms with van der Waals surface area (Å²) in [7, 11) is 0. The number of aryl methyl sites for hydroxylation is 1. The van der Waals surface area contributed by atoms with E-state index in [-0.39, 0.29) is 12.5 Å². The van der Waals surface area contributed by atoms with Gasteiger partial charge in [0.2, 0.25) is 0 Å². The van der Waals surface area contributed by atoms with Gasteiger partial charge < -0.3 is 4.90 Å². The number of nitrogens with zero attached hydrogens (tertiary/aromatic N) is 2. The molecule has 0 radical (unpaired) electrons. The van der Waals surface area contributed by atoms with E-state index in [9.17, 15) is 22.8 Å². The van der Waals surface area contributed by atoms with Gasteiger partial charge in [0.15, 0.2) is 0 Å². The quantitative estimate of drug-likeness (QED) is 0.747. The molecule has 0 aliphatic carbocycles. The molecule has 1 fully saturated rings. The maximum atomic E-state index is 12.9. The Morgan fingerprint density at radius 2 is 1.63 bits per heavy atom. The SMILES string of the molecule is Cc1ccc(C(=O)NNC(=O)CN2CCN(c3cccc(C(F)(F)F)c3)CC2)cc1. The maximum absolute atomic E-state index is 12.9. The van der Waals surface area contributed by atoms with E-state index >= 15 is 0 Å². The van der Waals surface area contributed by atoms with Crippen molar-refractivity contribution < 1.29 is 22.8 Å². The fourth-order valence-electron chi connectivity index (χ4n) is 3.19. The van der Waals surface area contributed by atoms with Crippen LogP contribution in [0.15, 0.2) is 48.5 Å². The van der Waals surface area contributed by atoms with Gasteiger partial charge in [-0.2, -0.15) is 13.2 Å². The van der Waals surface area contributed by atoms with Gasteiger partial charge in [-0.3, -0.25) is 25.3 Å². The molecule has 0 saturated carbocycles. The van der Waals surface area contributed by atoms with Crippen LogP contribution in [0.1, 0.15) is 21.5 Å². The molecule has 2 aromatic rings. The molecule has 2 N–H and O–H groups in total. The number of hydrazine groups is 1. The van der Waals surface area contributed by atoms with Crippen molar-refractivity contribution in [2.75, 3.05) is 37.6 Å². The Labute approximate surface area is 172 Å². The summed E-state index contributed by atoms with van der Waals surface area (Å²) in [4.78, 5) is 27.9. The van der Waals surface area contributed by atoms with E-state index in [1.807, 2.05) is 16.7 Å². The number of halogens is 3. The third kappa shape index (κ3) is 5.73. The van der Waals surface area contributed by atoms with Gasteiger partial charge in [0.05, 0.1) is 12.1 Å². The summed E-state index contributed by atoms with van der Waals surface area (Å²) < 4.78 is 38.7. The molecule has 30 heavy (non-hydrogen) atoms. The summed E-state index contributed by atoms with van der Waals surface area (Å²) in [5, 5.41) is 0. The van der Waals surface area contributed by atoms with E-state index in [1.165, 1.54) is 6.07 Å². The molecule has 1 aliphatic heterocycles. The zero-order chi connectivity index (χ0) is 21.7. The fraction of sp³-hybridized carbons (Fsp3) is 0.333. The lowest BCUT2D eigenvalue weighted by molar-refractivity contribution is -0.137. The highest BCUT2D eigenvalue weighted by molar-refractivity contribution is 5.95. The van der Waals surface area contributed by atoms with Crippen LogP contribution in [0.2, 0.25) is 0 Å². The molecule has 1 aliphatic rings. The standard InChI is InChI=1S/C21H23F3N4O2/c1-15-5-7-16(8-6-15)20(30)26-25-19(29)14-27-9-11-28(12-10-27)18-4-2-3-17(13-18)21(22,23)24/h2-8,13H,9-12,14H2,1H3,(H,25,29)(H,26,30). The smallest absolute Gasteiger partial charge is 0.369 e. The summed E-state index contributed by atoms with van der Waals surface area (Å²) >= 11 is 0. The molecule has 0 aromatic heterocycles. The Kier molecular flexibility index (Phi) is 6.61. The zero-order valence-electron chi connectivity index (χ0n) is 16.5. The lowest BCUT2D eigenvalue weighted by Crippen LogP contribution is -2.52. The number of amides is 2. The van der Waals surface area contributed by atoms with Gasteiger partial charge in [-0.25, -0.2) is 0 Å². The van der Waals surface area contributed by atoms with Crippen molar-refractivity contribution in [3.05, 3.63) is 65.2 Å². The minimum absolute atomic E-state index is 0.0879. The lowest BCUT2D eigenvalue weighted by atomic mass is 10.1. The van der Waals surface area contributed by atoms with Crippen molar-refractivity contribution in [3.63, 3.8) is 0 Å². The van der Waals surface area contributed by atoms with E-state index in [0.717, 1.165) is 17.7 Å². The van der Waals surface area contributed by atoms with Crippen molar-refractivity contribution in [3.8, 4) is 0 Å². The summed E-state index contributed by atoms with van der Waals surface area (Å²) in [6.07, 6.45) is -4.38. The Balaban J connectivity index is 1.45. The van der Waals surface area contributed by atoms with Crippen molar-refractivity contribution in [2.45, 2.75) is 13.1 Å². The van der Waals surface area contributed by atoms with Gasteiger partial charge in [-0.15, -0.1) is 0 Å². The van der Waals surface area contributed by atoms with Crippen LogP contribution < -0.4 is 15.8 Å². The summed E-state index contributed by atoms with van der Waals surface area (Å²) in [6, 6.07) is 12.2. The number of alkyl halides is 3. The molecule has 0 unspecified atom stereocenters. The highest BCUT2D eigenvalue weighted by Gasteiger charge is 2.31. The molecule has 0 spiro atoms. The number of hydrogen-bond donors (Lipinski definition) is 2. The number of nitrogens with one attached hydrogen (secondary N) is 2. The van der Waals surface area contributed by atoms with Crippen LogP contribution in [-0.2, 0) is 11.0 Å². The molecule has 160 valence electrons. The van der Waals surface area contributed by atoms with Gasteiger partial charge in [0.1, 0.15) is 0 Å². The van der Waals surface area contributed by atoms with Crippen molar-refractivity contribution in [1.29, 1.82) is 0 Å². The van der Waals surface area contributed by atoms with E-state index in [4.69, 9.17) is 0 Å². The van der Waals surface area contributed by atoms with Gasteiger partial charge in [-0.05, 0) is 37.3 Å². The van der Waals surface area contributed by atoms with Crippen LogP contribution >= 0.6 is 0 Å². The van der Waals surface area contributed by atoms with Crippen LogP contribution in [0.3, 0.4) is 0 Å². The number of carbonyl (C=O) groups excluding carboxylic acids is 2. The third-order valence-electron chi connectivity index (χ3n) is 4.91. The minimum atomic E-state index is -4.38. The van der Waals surface area contributed by atoms with Crippen LogP contribution in [0.5, 0.6) is 0 Å². The van der Waals surface area contributed by atoms with Crippen molar-refractivity contribution >= 4 is 17.5 Å². The number of rotatable bonds is 4.